The zero-order valence-corrected chi connectivity index (χ0v) is 12.5. The van der Waals surface area contributed by atoms with Gasteiger partial charge >= 0.3 is 6.18 Å². The molecule has 0 amide bonds. The molecule has 0 aliphatic heterocycles. The van der Waals surface area contributed by atoms with Crippen molar-refractivity contribution in [1.29, 1.82) is 0 Å². The van der Waals surface area contributed by atoms with E-state index in [9.17, 15) is 22.7 Å². The van der Waals surface area contributed by atoms with Crippen LogP contribution in [0.3, 0.4) is 0 Å². The summed E-state index contributed by atoms with van der Waals surface area (Å²) >= 11 is 4.54. The number of thiophene rings is 1. The molecule has 0 aliphatic carbocycles. The molecule has 108 valence electrons. The van der Waals surface area contributed by atoms with Crippen LogP contribution in [0.25, 0.3) is 0 Å². The molecule has 0 bridgehead atoms. The monoisotopic (exact) mass is 368 g/mol. The molecule has 2 aromatic rings. The van der Waals surface area contributed by atoms with Crippen molar-refractivity contribution in [2.75, 3.05) is 0 Å². The summed E-state index contributed by atoms with van der Waals surface area (Å²) in [6, 6.07) is 3.59. The van der Waals surface area contributed by atoms with E-state index in [1.54, 1.807) is 13.0 Å². The molecule has 1 heterocycles. The van der Waals surface area contributed by atoms with Gasteiger partial charge in [0.25, 0.3) is 0 Å². The quantitative estimate of drug-likeness (QED) is 0.734. The third kappa shape index (κ3) is 3.05. The Hall–Kier alpha value is -0.920. The normalized spacial score (nSPS) is 13.6. The fraction of sp³-hybridized carbons (Fsp3) is 0.231. The molecule has 20 heavy (non-hydrogen) atoms. The molecule has 1 aromatic carbocycles. The Bertz CT molecular complexity index is 636. The highest BCUT2D eigenvalue weighted by Crippen LogP contribution is 2.37. The van der Waals surface area contributed by atoms with E-state index in [4.69, 9.17) is 0 Å². The molecule has 2 rings (SSSR count). The SMILES string of the molecule is Cc1sc(Br)cc1C(O)c1cc(C(F)(F)F)ccc1F. The Balaban J connectivity index is 2.49. The van der Waals surface area contributed by atoms with Crippen LogP contribution in [0.5, 0.6) is 0 Å². The van der Waals surface area contributed by atoms with E-state index in [1.807, 2.05) is 0 Å². The Morgan fingerprint density at radius 2 is 1.85 bits per heavy atom. The molecule has 1 nitrogen and oxygen atoms in total. The second kappa shape index (κ2) is 5.46. The summed E-state index contributed by atoms with van der Waals surface area (Å²) in [6.45, 7) is 1.71. The van der Waals surface area contributed by atoms with Crippen molar-refractivity contribution < 1.29 is 22.7 Å². The van der Waals surface area contributed by atoms with E-state index in [0.29, 0.717) is 22.6 Å². The predicted molar refractivity (Wildman–Crippen MR) is 72.2 cm³/mol. The van der Waals surface area contributed by atoms with Crippen LogP contribution < -0.4 is 0 Å². The average Bonchev–Trinajstić information content (AvgIpc) is 2.66. The third-order valence-corrected chi connectivity index (χ3v) is 4.41. The summed E-state index contributed by atoms with van der Waals surface area (Å²) in [6.07, 6.45) is -6.01. The van der Waals surface area contributed by atoms with E-state index < -0.39 is 23.7 Å². The minimum Gasteiger partial charge on any atom is -0.384 e. The van der Waals surface area contributed by atoms with Crippen LogP contribution in [0.1, 0.15) is 27.7 Å². The van der Waals surface area contributed by atoms with Crippen LogP contribution in [0, 0.1) is 12.7 Å². The number of hydrogen-bond acceptors (Lipinski definition) is 2. The fourth-order valence-corrected chi connectivity index (χ4v) is 3.57. The van der Waals surface area contributed by atoms with Crippen molar-refractivity contribution >= 4 is 27.3 Å². The molecule has 0 fully saturated rings. The van der Waals surface area contributed by atoms with Crippen molar-refractivity contribution in [3.05, 3.63) is 55.4 Å². The summed E-state index contributed by atoms with van der Waals surface area (Å²) in [5.74, 6) is -0.868. The Morgan fingerprint density at radius 3 is 2.35 bits per heavy atom. The maximum Gasteiger partial charge on any atom is 0.416 e. The van der Waals surface area contributed by atoms with Gasteiger partial charge in [0, 0.05) is 10.4 Å². The molecule has 1 atom stereocenters. The number of aliphatic hydroxyl groups is 1. The number of alkyl halides is 3. The lowest BCUT2D eigenvalue weighted by Gasteiger charge is -2.14. The highest BCUT2D eigenvalue weighted by Gasteiger charge is 2.32. The molecule has 0 saturated heterocycles. The van der Waals surface area contributed by atoms with E-state index in [-0.39, 0.29) is 5.56 Å². The van der Waals surface area contributed by atoms with Crippen LogP contribution in [-0.4, -0.2) is 5.11 Å². The smallest absolute Gasteiger partial charge is 0.384 e. The minimum absolute atomic E-state index is 0.381. The van der Waals surface area contributed by atoms with Crippen LogP contribution in [-0.2, 0) is 6.18 Å². The summed E-state index contributed by atoms with van der Waals surface area (Å²) in [4.78, 5) is 0.709. The summed E-state index contributed by atoms with van der Waals surface area (Å²) in [5, 5.41) is 10.1. The van der Waals surface area contributed by atoms with Gasteiger partial charge in [0.2, 0.25) is 0 Å². The van der Waals surface area contributed by atoms with Gasteiger partial charge in [0.15, 0.2) is 0 Å². The summed E-state index contributed by atoms with van der Waals surface area (Å²) in [7, 11) is 0. The Morgan fingerprint density at radius 1 is 1.20 bits per heavy atom. The maximum atomic E-state index is 13.7. The first-order chi connectivity index (χ1) is 9.20. The first-order valence-corrected chi connectivity index (χ1v) is 7.11. The molecule has 1 N–H and O–H groups in total. The number of aryl methyl sites for hydroxylation is 1. The lowest BCUT2D eigenvalue weighted by atomic mass is 9.99. The highest BCUT2D eigenvalue weighted by molar-refractivity contribution is 9.11. The highest BCUT2D eigenvalue weighted by atomic mass is 79.9. The van der Waals surface area contributed by atoms with Gasteiger partial charge in [-0.15, -0.1) is 11.3 Å². The fourth-order valence-electron chi connectivity index (χ4n) is 1.83. The zero-order chi connectivity index (χ0) is 15.1. The van der Waals surface area contributed by atoms with E-state index in [0.717, 1.165) is 9.85 Å². The van der Waals surface area contributed by atoms with Gasteiger partial charge in [-0.05, 0) is 52.7 Å². The average molecular weight is 369 g/mol. The van der Waals surface area contributed by atoms with Crippen molar-refractivity contribution in [1.82, 2.24) is 0 Å². The van der Waals surface area contributed by atoms with Gasteiger partial charge < -0.3 is 5.11 Å². The van der Waals surface area contributed by atoms with Crippen molar-refractivity contribution in [3.8, 4) is 0 Å². The van der Waals surface area contributed by atoms with Crippen LogP contribution in [0.2, 0.25) is 0 Å². The third-order valence-electron chi connectivity index (χ3n) is 2.84. The predicted octanol–water partition coefficient (Wildman–Crippen LogP) is 5.06. The van der Waals surface area contributed by atoms with Crippen molar-refractivity contribution in [2.24, 2.45) is 0 Å². The standard InChI is InChI=1S/C13H9BrF4OS/c1-6-8(5-11(14)20-6)12(19)9-4-7(13(16,17)18)2-3-10(9)15/h2-5,12,19H,1H3. The second-order valence-corrected chi connectivity index (χ2v) is 6.83. The van der Waals surface area contributed by atoms with Crippen LogP contribution in [0.4, 0.5) is 17.6 Å². The number of hydrogen-bond donors (Lipinski definition) is 1. The Labute approximate surface area is 125 Å². The van der Waals surface area contributed by atoms with Crippen LogP contribution >= 0.6 is 27.3 Å². The van der Waals surface area contributed by atoms with E-state index in [1.165, 1.54) is 11.3 Å². The molecule has 1 aromatic heterocycles. The molecular formula is C13H9BrF4OS. The first-order valence-electron chi connectivity index (χ1n) is 5.50. The lowest BCUT2D eigenvalue weighted by Crippen LogP contribution is -2.09. The van der Waals surface area contributed by atoms with E-state index in [2.05, 4.69) is 15.9 Å². The molecule has 7 heteroatoms. The van der Waals surface area contributed by atoms with Crippen molar-refractivity contribution in [3.63, 3.8) is 0 Å². The molecule has 0 spiro atoms. The second-order valence-electron chi connectivity index (χ2n) is 4.20. The molecule has 0 saturated carbocycles. The Kier molecular flexibility index (Phi) is 4.22. The molecule has 0 aliphatic rings. The lowest BCUT2D eigenvalue weighted by molar-refractivity contribution is -0.137. The van der Waals surface area contributed by atoms with Gasteiger partial charge in [-0.1, -0.05) is 0 Å². The van der Waals surface area contributed by atoms with Gasteiger partial charge in [0.1, 0.15) is 11.9 Å². The van der Waals surface area contributed by atoms with Gasteiger partial charge in [-0.2, -0.15) is 13.2 Å². The minimum atomic E-state index is -4.58. The maximum absolute atomic E-state index is 13.7. The van der Waals surface area contributed by atoms with Gasteiger partial charge in [-0.25, -0.2) is 4.39 Å². The van der Waals surface area contributed by atoms with Crippen LogP contribution in [0.15, 0.2) is 28.1 Å². The number of benzene rings is 1. The number of aliphatic hydroxyl groups excluding tert-OH is 1. The number of rotatable bonds is 2. The molecule has 1 unspecified atom stereocenters. The topological polar surface area (TPSA) is 20.2 Å². The zero-order valence-electron chi connectivity index (χ0n) is 10.1. The largest absolute Gasteiger partial charge is 0.416 e. The molecule has 0 radical (unpaired) electrons. The van der Waals surface area contributed by atoms with Gasteiger partial charge in [-0.3, -0.25) is 0 Å². The van der Waals surface area contributed by atoms with Gasteiger partial charge in [0.05, 0.1) is 9.35 Å². The van der Waals surface area contributed by atoms with Crippen molar-refractivity contribution in [2.45, 2.75) is 19.2 Å². The summed E-state index contributed by atoms with van der Waals surface area (Å²) < 4.78 is 52.3. The van der Waals surface area contributed by atoms with E-state index >= 15 is 0 Å². The summed E-state index contributed by atoms with van der Waals surface area (Å²) in [5.41, 5.74) is -0.978. The molecular weight excluding hydrogens is 360 g/mol. The number of halogens is 5. The first kappa shape index (κ1) is 15.5.